The summed E-state index contributed by atoms with van der Waals surface area (Å²) in [6.07, 6.45) is 8.37. The van der Waals surface area contributed by atoms with E-state index in [1.807, 2.05) is 13.8 Å². The molecule has 0 aromatic carbocycles. The van der Waals surface area contributed by atoms with Gasteiger partial charge in [-0.05, 0) is 106 Å². The summed E-state index contributed by atoms with van der Waals surface area (Å²) in [7, 11) is 18.9. The Morgan fingerprint density at radius 3 is 1.51 bits per heavy atom. The van der Waals surface area contributed by atoms with E-state index < -0.39 is 0 Å². The Kier molecular flexibility index (Phi) is 48.1. The molecule has 0 saturated carbocycles. The number of piperidine rings is 2. The van der Waals surface area contributed by atoms with Crippen LogP contribution in [0, 0.1) is 5.92 Å². The molecule has 0 aliphatic carbocycles. The number of methoxy groups -OCH3 is 6. The largest absolute Gasteiger partial charge is 0.385 e. The Hall–Kier alpha value is -0.600. The van der Waals surface area contributed by atoms with Gasteiger partial charge in [0.2, 0.25) is 0 Å². The van der Waals surface area contributed by atoms with Crippen molar-refractivity contribution in [1.29, 1.82) is 0 Å². The monoisotopic (exact) mass is 854 g/mol. The number of nitrogens with zero attached hydrogens (tertiary/aromatic N) is 6. The first kappa shape index (κ1) is 60.5. The molecule has 1 atom stereocenters. The van der Waals surface area contributed by atoms with Gasteiger partial charge in [0.1, 0.15) is 0 Å². The van der Waals surface area contributed by atoms with Gasteiger partial charge in [0.05, 0.1) is 59.1 Å². The van der Waals surface area contributed by atoms with Gasteiger partial charge in [-0.2, -0.15) is 0 Å². The van der Waals surface area contributed by atoms with E-state index >= 15 is 0 Å². The van der Waals surface area contributed by atoms with Crippen molar-refractivity contribution in [2.45, 2.75) is 58.5 Å². The Bertz CT molecular complexity index is 762. The van der Waals surface area contributed by atoms with Gasteiger partial charge in [-0.15, -0.1) is 0 Å². The van der Waals surface area contributed by atoms with Crippen LogP contribution in [0.4, 0.5) is 0 Å². The SMILES string of the molecule is CN1CCNCC1.COC(C)C.COCC1CCCN(C)C1.COCCCN(C)C.COCCN1CCCCC1.COCCN1CCOCC1.COCN1CCOCC1. The van der Waals surface area contributed by atoms with E-state index in [1.165, 1.54) is 71.4 Å². The molecule has 59 heavy (non-hydrogen) atoms. The smallest absolute Gasteiger partial charge is 0.0987 e. The number of rotatable bonds is 15. The molecule has 0 bridgehead atoms. The number of likely N-dealkylation sites (N-methyl/N-ethyl adjacent to an activating group) is 1. The number of hydrogen-bond donors (Lipinski definition) is 1. The summed E-state index contributed by atoms with van der Waals surface area (Å²) in [5.41, 5.74) is 0. The summed E-state index contributed by atoms with van der Waals surface area (Å²) in [6, 6.07) is 0. The van der Waals surface area contributed by atoms with Crippen LogP contribution >= 0.6 is 0 Å². The highest BCUT2D eigenvalue weighted by atomic mass is 16.5. The summed E-state index contributed by atoms with van der Waals surface area (Å²) in [5, 5.41) is 3.27. The van der Waals surface area contributed by atoms with Gasteiger partial charge in [-0.3, -0.25) is 9.80 Å². The van der Waals surface area contributed by atoms with Crippen LogP contribution in [0.25, 0.3) is 0 Å². The van der Waals surface area contributed by atoms with Crippen LogP contribution in [0.3, 0.4) is 0 Å². The van der Waals surface area contributed by atoms with Crippen molar-refractivity contribution >= 4 is 0 Å². The number of likely N-dealkylation sites (tertiary alicyclic amines) is 2. The highest BCUT2D eigenvalue weighted by Crippen LogP contribution is 2.14. The van der Waals surface area contributed by atoms with E-state index in [1.54, 1.807) is 42.7 Å². The molecule has 0 radical (unpaired) electrons. The van der Waals surface area contributed by atoms with Crippen molar-refractivity contribution < 1.29 is 37.9 Å². The van der Waals surface area contributed by atoms with Gasteiger partial charge < -0.3 is 62.8 Å². The summed E-state index contributed by atoms with van der Waals surface area (Å²) in [4.78, 5) is 13.9. The minimum atomic E-state index is 0.384. The lowest BCUT2D eigenvalue weighted by atomic mass is 10.00. The molecule has 0 aromatic heterocycles. The lowest BCUT2D eigenvalue weighted by Crippen LogP contribution is -2.40. The maximum absolute atomic E-state index is 5.20. The van der Waals surface area contributed by atoms with E-state index in [0.717, 1.165) is 131 Å². The molecule has 5 aliphatic heterocycles. The van der Waals surface area contributed by atoms with Gasteiger partial charge in [0.15, 0.2) is 0 Å². The fourth-order valence-electron chi connectivity index (χ4n) is 6.31. The van der Waals surface area contributed by atoms with Crippen molar-refractivity contribution in [3.63, 3.8) is 0 Å². The average Bonchev–Trinajstić information content (AvgIpc) is 3.25. The molecule has 0 amide bonds. The number of hydrogen-bond acceptors (Lipinski definition) is 15. The highest BCUT2D eigenvalue weighted by Gasteiger charge is 2.16. The molecule has 15 nitrogen and oxygen atoms in total. The molecular formula is C44H99N7O8. The second kappa shape index (κ2) is 46.9. The minimum Gasteiger partial charge on any atom is -0.385 e. The predicted molar refractivity (Wildman–Crippen MR) is 245 cm³/mol. The zero-order chi connectivity index (χ0) is 44.2. The quantitative estimate of drug-likeness (QED) is 0.244. The number of ether oxygens (including phenoxy) is 8. The van der Waals surface area contributed by atoms with Gasteiger partial charge in [-0.25, -0.2) is 0 Å². The Morgan fingerprint density at radius 1 is 0.593 bits per heavy atom. The Morgan fingerprint density at radius 2 is 1.10 bits per heavy atom. The van der Waals surface area contributed by atoms with E-state index in [9.17, 15) is 0 Å². The van der Waals surface area contributed by atoms with Crippen LogP contribution in [-0.2, 0) is 37.9 Å². The molecule has 358 valence electrons. The molecule has 1 N–H and O–H groups in total. The molecule has 15 heteroatoms. The fraction of sp³-hybridized carbons (Fsp3) is 1.00. The third-order valence-corrected chi connectivity index (χ3v) is 10.1. The van der Waals surface area contributed by atoms with Crippen molar-refractivity contribution in [3.8, 4) is 0 Å². The molecule has 5 aliphatic rings. The summed E-state index contributed by atoms with van der Waals surface area (Å²) < 4.78 is 40.0. The van der Waals surface area contributed by atoms with E-state index in [-0.39, 0.29) is 0 Å². The lowest BCUT2D eigenvalue weighted by Gasteiger charge is -2.28. The molecular weight excluding hydrogens is 755 g/mol. The molecule has 5 rings (SSSR count). The van der Waals surface area contributed by atoms with Gasteiger partial charge in [0.25, 0.3) is 0 Å². The second-order valence-corrected chi connectivity index (χ2v) is 16.2. The number of nitrogens with one attached hydrogen (secondary N) is 1. The third-order valence-electron chi connectivity index (χ3n) is 10.1. The average molecular weight is 854 g/mol. The summed E-state index contributed by atoms with van der Waals surface area (Å²) >= 11 is 0. The Balaban J connectivity index is 0. The van der Waals surface area contributed by atoms with Gasteiger partial charge >= 0.3 is 0 Å². The first-order chi connectivity index (χ1) is 28.6. The fourth-order valence-corrected chi connectivity index (χ4v) is 6.31. The zero-order valence-electron chi connectivity index (χ0n) is 40.8. The van der Waals surface area contributed by atoms with Gasteiger partial charge in [-0.1, -0.05) is 6.42 Å². The van der Waals surface area contributed by atoms with E-state index in [2.05, 4.69) is 62.9 Å². The number of morpholine rings is 2. The molecule has 5 saturated heterocycles. The molecule has 1 unspecified atom stereocenters. The highest BCUT2D eigenvalue weighted by molar-refractivity contribution is 4.69. The summed E-state index contributed by atoms with van der Waals surface area (Å²) in [6.45, 7) is 28.9. The minimum absolute atomic E-state index is 0.384. The molecule has 0 spiro atoms. The third kappa shape index (κ3) is 45.2. The maximum atomic E-state index is 5.20. The molecule has 5 fully saturated rings. The second-order valence-electron chi connectivity index (χ2n) is 16.2. The zero-order valence-corrected chi connectivity index (χ0v) is 40.8. The van der Waals surface area contributed by atoms with Crippen molar-refractivity contribution in [2.24, 2.45) is 5.92 Å². The standard InChI is InChI=1S/2C8H17NO.C7H15NO2.C6H13NO2.C6H15NO.C5H12N2.C4H10O/c1-9-5-3-4-8(6-9)7-10-2;1-10-8-7-9-5-3-2-4-6-9;1-9-5-2-8-3-6-10-7-4-8;1-8-6-7-2-4-9-5-3-7;1-7(2)5-4-6-8-3;1-7-4-2-6-3-5-7;1-4(2)5-3/h8H,3-7H2,1-2H3;2-8H2,1H3;2-7H2,1H3;2-6H2,1H3;4-6H2,1-3H3;6H,2-5H2,1H3;4H,1-3H3. The van der Waals surface area contributed by atoms with Crippen LogP contribution < -0.4 is 5.32 Å². The molecule has 0 aromatic rings. The van der Waals surface area contributed by atoms with Crippen LogP contribution in [0.1, 0.15) is 52.4 Å². The van der Waals surface area contributed by atoms with Crippen LogP contribution in [-0.4, -0.2) is 264 Å². The predicted octanol–water partition coefficient (Wildman–Crippen LogP) is 3.13. The number of piperazine rings is 1. The van der Waals surface area contributed by atoms with Crippen LogP contribution in [0.5, 0.6) is 0 Å². The molecule has 5 heterocycles. The maximum Gasteiger partial charge on any atom is 0.0987 e. The topological polar surface area (TPSA) is 105 Å². The van der Waals surface area contributed by atoms with E-state index in [4.69, 9.17) is 37.9 Å². The summed E-state index contributed by atoms with van der Waals surface area (Å²) in [5.74, 6) is 0.781. The van der Waals surface area contributed by atoms with Gasteiger partial charge in [0, 0.05) is 121 Å². The van der Waals surface area contributed by atoms with Crippen LogP contribution in [0.2, 0.25) is 0 Å². The van der Waals surface area contributed by atoms with Crippen molar-refractivity contribution in [3.05, 3.63) is 0 Å². The lowest BCUT2D eigenvalue weighted by molar-refractivity contribution is -0.0178. The Labute approximate surface area is 364 Å². The van der Waals surface area contributed by atoms with Crippen molar-refractivity contribution in [2.75, 3.05) is 229 Å². The first-order valence-corrected chi connectivity index (χ1v) is 22.6. The van der Waals surface area contributed by atoms with Crippen LogP contribution in [0.15, 0.2) is 0 Å². The van der Waals surface area contributed by atoms with Crippen molar-refractivity contribution in [1.82, 2.24) is 34.7 Å². The first-order valence-electron chi connectivity index (χ1n) is 22.6. The van der Waals surface area contributed by atoms with E-state index in [0.29, 0.717) is 6.10 Å². The normalized spacial score (nSPS) is 20.7.